The fourth-order valence-corrected chi connectivity index (χ4v) is 3.62. The van der Waals surface area contributed by atoms with Crippen LogP contribution in [0, 0.1) is 5.82 Å². The third kappa shape index (κ3) is 3.01. The molecule has 1 fully saturated rings. The molecule has 2 aliphatic heterocycles. The lowest BCUT2D eigenvalue weighted by molar-refractivity contribution is -0.123. The number of hydrogen-bond donors (Lipinski definition) is 0. The van der Waals surface area contributed by atoms with Gasteiger partial charge in [0.1, 0.15) is 12.4 Å². The van der Waals surface area contributed by atoms with Crippen molar-refractivity contribution >= 4 is 29.1 Å². The highest BCUT2D eigenvalue weighted by molar-refractivity contribution is 6.30. The van der Waals surface area contributed by atoms with Crippen molar-refractivity contribution < 1.29 is 18.5 Å². The van der Waals surface area contributed by atoms with Crippen LogP contribution in [0.5, 0.6) is 0 Å². The van der Waals surface area contributed by atoms with E-state index >= 15 is 0 Å². The van der Waals surface area contributed by atoms with Gasteiger partial charge in [0.15, 0.2) is 12.1 Å². The van der Waals surface area contributed by atoms with E-state index in [1.54, 1.807) is 24.3 Å². The van der Waals surface area contributed by atoms with Crippen LogP contribution in [0.3, 0.4) is 0 Å². The van der Waals surface area contributed by atoms with Crippen LogP contribution < -0.4 is 4.90 Å². The van der Waals surface area contributed by atoms with Crippen LogP contribution >= 0.6 is 11.6 Å². The minimum absolute atomic E-state index is 0.0196. The van der Waals surface area contributed by atoms with E-state index in [4.69, 9.17) is 16.1 Å². The van der Waals surface area contributed by atoms with Gasteiger partial charge in [-0.1, -0.05) is 40.2 Å². The van der Waals surface area contributed by atoms with Crippen LogP contribution in [0.15, 0.2) is 63.4 Å². The quantitative estimate of drug-likeness (QED) is 0.594. The fourth-order valence-electron chi connectivity index (χ4n) is 3.43. The summed E-state index contributed by atoms with van der Waals surface area (Å²) in [6, 6.07) is 10.3. The van der Waals surface area contributed by atoms with Gasteiger partial charge in [-0.3, -0.25) is 14.6 Å². The highest BCUT2D eigenvalue weighted by Crippen LogP contribution is 2.33. The molecule has 0 unspecified atom stereocenters. The molecule has 3 heterocycles. The number of benzene rings is 2. The Bertz CT molecular complexity index is 1200. The standard InChI is InChI=1S/C19H12ClFN6O3/c20-11-4-1-3-10(7-11)17-22-14(30-24-17)9-26-16-15(23-25-26)18(28)27(19(16)29)13-6-2-5-12(21)8-13/h1-8,15-16H,9H2/t15-,16-/m0/s1. The van der Waals surface area contributed by atoms with Gasteiger partial charge < -0.3 is 4.52 Å². The first kappa shape index (κ1) is 18.4. The second-order valence-corrected chi connectivity index (χ2v) is 7.14. The number of aromatic nitrogens is 2. The van der Waals surface area contributed by atoms with Crippen LogP contribution in [0.25, 0.3) is 11.4 Å². The lowest BCUT2D eigenvalue weighted by atomic mass is 10.1. The summed E-state index contributed by atoms with van der Waals surface area (Å²) in [4.78, 5) is 30.8. The Hall–Kier alpha value is -3.66. The number of carbonyl (C=O) groups excluding carboxylic acids is 2. The van der Waals surface area contributed by atoms with E-state index in [9.17, 15) is 14.0 Å². The number of amides is 2. The van der Waals surface area contributed by atoms with Gasteiger partial charge in [0.05, 0.1) is 5.69 Å². The number of imide groups is 1. The fraction of sp³-hybridized carbons (Fsp3) is 0.158. The zero-order chi connectivity index (χ0) is 20.8. The Morgan fingerprint density at radius 1 is 1.10 bits per heavy atom. The van der Waals surface area contributed by atoms with Crippen molar-refractivity contribution in [1.29, 1.82) is 0 Å². The van der Waals surface area contributed by atoms with Gasteiger partial charge in [-0.25, -0.2) is 9.29 Å². The topological polar surface area (TPSA) is 104 Å². The molecule has 11 heteroatoms. The minimum atomic E-state index is -1.00. The molecule has 5 rings (SSSR count). The van der Waals surface area contributed by atoms with Gasteiger partial charge in [0, 0.05) is 10.6 Å². The Morgan fingerprint density at radius 2 is 1.93 bits per heavy atom. The van der Waals surface area contributed by atoms with Crippen LogP contribution in [0.4, 0.5) is 10.1 Å². The number of rotatable bonds is 4. The van der Waals surface area contributed by atoms with E-state index in [1.165, 1.54) is 23.2 Å². The molecule has 1 saturated heterocycles. The van der Waals surface area contributed by atoms with E-state index in [0.29, 0.717) is 16.4 Å². The Kier molecular flexibility index (Phi) is 4.28. The highest BCUT2D eigenvalue weighted by atomic mass is 35.5. The summed E-state index contributed by atoms with van der Waals surface area (Å²) >= 11 is 5.98. The molecule has 2 aliphatic rings. The zero-order valence-electron chi connectivity index (χ0n) is 15.1. The number of fused-ring (bicyclic) bond motifs is 1. The molecule has 3 aromatic rings. The molecular formula is C19H12ClFN6O3. The average Bonchev–Trinajstić information content (AvgIpc) is 3.41. The first-order chi connectivity index (χ1) is 14.5. The molecule has 0 N–H and O–H groups in total. The summed E-state index contributed by atoms with van der Waals surface area (Å²) in [5.41, 5.74) is 0.818. The van der Waals surface area contributed by atoms with Crippen molar-refractivity contribution in [3.8, 4) is 11.4 Å². The van der Waals surface area contributed by atoms with Crippen LogP contribution in [-0.4, -0.2) is 39.0 Å². The monoisotopic (exact) mass is 426 g/mol. The summed E-state index contributed by atoms with van der Waals surface area (Å²) < 4.78 is 18.8. The first-order valence-corrected chi connectivity index (χ1v) is 9.28. The highest BCUT2D eigenvalue weighted by Gasteiger charge is 2.55. The van der Waals surface area contributed by atoms with Crippen molar-refractivity contribution in [2.75, 3.05) is 4.90 Å². The number of nitrogens with zero attached hydrogens (tertiary/aromatic N) is 6. The Labute approximate surface area is 173 Å². The smallest absolute Gasteiger partial charge is 0.263 e. The first-order valence-electron chi connectivity index (χ1n) is 8.90. The molecule has 30 heavy (non-hydrogen) atoms. The molecule has 0 spiro atoms. The molecule has 0 aliphatic carbocycles. The van der Waals surface area contributed by atoms with Gasteiger partial charge in [-0.2, -0.15) is 10.1 Å². The maximum atomic E-state index is 13.6. The van der Waals surface area contributed by atoms with Crippen LogP contribution in [-0.2, 0) is 16.1 Å². The summed E-state index contributed by atoms with van der Waals surface area (Å²) in [6.45, 7) is -0.0196. The normalized spacial score (nSPS) is 20.3. The lowest BCUT2D eigenvalue weighted by Gasteiger charge is -2.19. The molecule has 0 bridgehead atoms. The van der Waals surface area contributed by atoms with Gasteiger partial charge in [0.25, 0.3) is 11.8 Å². The lowest BCUT2D eigenvalue weighted by Crippen LogP contribution is -2.39. The summed E-state index contributed by atoms with van der Waals surface area (Å²) in [7, 11) is 0. The predicted octanol–water partition coefficient (Wildman–Crippen LogP) is 3.02. The molecule has 2 atom stereocenters. The SMILES string of the molecule is O=C1[C@H]2N=NN(Cc3nc(-c4cccc(Cl)c4)no3)[C@@H]2C(=O)N1c1cccc(F)c1. The van der Waals surface area contributed by atoms with Crippen molar-refractivity contribution in [3.63, 3.8) is 0 Å². The van der Waals surface area contributed by atoms with Crippen LogP contribution in [0.1, 0.15) is 5.89 Å². The number of carbonyl (C=O) groups is 2. The molecule has 0 saturated carbocycles. The van der Waals surface area contributed by atoms with E-state index in [1.807, 2.05) is 0 Å². The Morgan fingerprint density at radius 3 is 2.73 bits per heavy atom. The molecule has 2 amide bonds. The van der Waals surface area contributed by atoms with Crippen molar-refractivity contribution in [1.82, 2.24) is 15.1 Å². The molecular weight excluding hydrogens is 415 g/mol. The molecule has 9 nitrogen and oxygen atoms in total. The maximum absolute atomic E-state index is 13.6. The van der Waals surface area contributed by atoms with Crippen molar-refractivity contribution in [2.45, 2.75) is 18.6 Å². The third-order valence-corrected chi connectivity index (χ3v) is 5.01. The van der Waals surface area contributed by atoms with Crippen molar-refractivity contribution in [2.24, 2.45) is 10.3 Å². The Balaban J connectivity index is 1.37. The van der Waals surface area contributed by atoms with E-state index in [2.05, 4.69) is 20.5 Å². The zero-order valence-corrected chi connectivity index (χ0v) is 15.9. The molecule has 0 radical (unpaired) electrons. The maximum Gasteiger partial charge on any atom is 0.263 e. The second-order valence-electron chi connectivity index (χ2n) is 6.71. The second kappa shape index (κ2) is 6.99. The summed E-state index contributed by atoms with van der Waals surface area (Å²) in [5, 5.41) is 13.6. The van der Waals surface area contributed by atoms with Gasteiger partial charge in [-0.05, 0) is 30.3 Å². The van der Waals surface area contributed by atoms with Crippen LogP contribution in [0.2, 0.25) is 5.02 Å². The molecule has 150 valence electrons. The molecule has 1 aromatic heterocycles. The van der Waals surface area contributed by atoms with E-state index in [0.717, 1.165) is 11.0 Å². The average molecular weight is 427 g/mol. The summed E-state index contributed by atoms with van der Waals surface area (Å²) in [5.74, 6) is -1.14. The van der Waals surface area contributed by atoms with E-state index in [-0.39, 0.29) is 18.1 Å². The number of anilines is 1. The van der Waals surface area contributed by atoms with Gasteiger partial charge >= 0.3 is 0 Å². The van der Waals surface area contributed by atoms with Gasteiger partial charge in [-0.15, -0.1) is 0 Å². The third-order valence-electron chi connectivity index (χ3n) is 4.77. The van der Waals surface area contributed by atoms with Crippen molar-refractivity contribution in [3.05, 3.63) is 65.3 Å². The summed E-state index contributed by atoms with van der Waals surface area (Å²) in [6.07, 6.45) is 0. The number of hydrogen-bond acceptors (Lipinski definition) is 8. The number of halogens is 2. The molecule has 2 aromatic carbocycles. The minimum Gasteiger partial charge on any atom is -0.337 e. The largest absolute Gasteiger partial charge is 0.337 e. The predicted molar refractivity (Wildman–Crippen MR) is 102 cm³/mol. The van der Waals surface area contributed by atoms with Gasteiger partial charge in [0.2, 0.25) is 11.7 Å². The van der Waals surface area contributed by atoms with E-state index < -0.39 is 29.7 Å².